The van der Waals surface area contributed by atoms with E-state index in [1.54, 1.807) is 0 Å². The molecular formula is C11H12FN5O4. The van der Waals surface area contributed by atoms with E-state index in [0.717, 1.165) is 0 Å². The summed E-state index contributed by atoms with van der Waals surface area (Å²) in [7, 11) is 0. The first-order chi connectivity index (χ1) is 9.80. The molecule has 5 N–H and O–H groups in total. The number of nitrogens with one attached hydrogen (secondary N) is 1. The molecule has 0 radical (unpaired) electrons. The highest BCUT2D eigenvalue weighted by Crippen LogP contribution is 2.63. The quantitative estimate of drug-likeness (QED) is 0.498. The van der Waals surface area contributed by atoms with E-state index in [2.05, 4.69) is 15.0 Å². The number of nitrogens with zero attached hydrogens (tertiary/aromatic N) is 3. The minimum Gasteiger partial charge on any atom is -0.387 e. The standard InChI is InChI=1S/C11H12FN5O4/c1-10-8(19)11(10,20)4(12)7(21-10)17-2-14-3-5(17)15-9(13)16-6(3)18/h2,4,7-8,19-20H,1H3,(H3,13,15,16,18)/t4-,7+,8?,10+,11+/m0/s1. The summed E-state index contributed by atoms with van der Waals surface area (Å²) in [6.07, 6.45) is -3.25. The minimum atomic E-state index is -1.97. The molecule has 21 heavy (non-hydrogen) atoms. The van der Waals surface area contributed by atoms with Gasteiger partial charge in [-0.15, -0.1) is 0 Å². The number of nitrogen functional groups attached to an aromatic ring is 1. The van der Waals surface area contributed by atoms with Gasteiger partial charge in [0.05, 0.1) is 6.33 Å². The average molecular weight is 297 g/mol. The van der Waals surface area contributed by atoms with Crippen molar-refractivity contribution in [2.75, 3.05) is 5.73 Å². The summed E-state index contributed by atoms with van der Waals surface area (Å²) >= 11 is 0. The molecule has 1 saturated carbocycles. The third-order valence-corrected chi connectivity index (χ3v) is 4.41. The number of halogens is 1. The first-order valence-corrected chi connectivity index (χ1v) is 6.25. The molecule has 2 aromatic rings. The number of imidazole rings is 1. The first kappa shape index (κ1) is 12.7. The van der Waals surface area contributed by atoms with Crippen LogP contribution >= 0.6 is 0 Å². The molecule has 2 aliphatic rings. The molecule has 1 aliphatic carbocycles. The van der Waals surface area contributed by atoms with Crippen LogP contribution in [0.2, 0.25) is 0 Å². The molecule has 10 heteroatoms. The van der Waals surface area contributed by atoms with Crippen LogP contribution in [0, 0.1) is 0 Å². The number of ether oxygens (including phenoxy) is 1. The average Bonchev–Trinajstić information content (AvgIpc) is 2.75. The Morgan fingerprint density at radius 2 is 2.33 bits per heavy atom. The van der Waals surface area contributed by atoms with E-state index in [-0.39, 0.29) is 17.1 Å². The molecule has 0 spiro atoms. The fourth-order valence-corrected chi connectivity index (χ4v) is 3.02. The second-order valence-electron chi connectivity index (χ2n) is 5.52. The predicted molar refractivity (Wildman–Crippen MR) is 66.9 cm³/mol. The number of rotatable bonds is 1. The number of anilines is 1. The van der Waals surface area contributed by atoms with Gasteiger partial charge in [0, 0.05) is 0 Å². The molecule has 9 nitrogen and oxygen atoms in total. The summed E-state index contributed by atoms with van der Waals surface area (Å²) in [5.41, 5.74) is 1.58. The molecule has 0 bridgehead atoms. The Bertz CT molecular complexity index is 821. The number of nitrogens with two attached hydrogens (primary N) is 1. The predicted octanol–water partition coefficient (Wildman–Crippen LogP) is -1.57. The van der Waals surface area contributed by atoms with E-state index in [1.807, 2.05) is 0 Å². The summed E-state index contributed by atoms with van der Waals surface area (Å²) in [6.45, 7) is 1.41. The van der Waals surface area contributed by atoms with Gasteiger partial charge in [-0.05, 0) is 6.92 Å². The van der Waals surface area contributed by atoms with Crippen LogP contribution in [0.5, 0.6) is 0 Å². The van der Waals surface area contributed by atoms with Gasteiger partial charge >= 0.3 is 0 Å². The number of aliphatic hydroxyl groups excluding tert-OH is 1. The molecule has 3 heterocycles. The van der Waals surface area contributed by atoms with Crippen molar-refractivity contribution < 1.29 is 19.3 Å². The molecule has 112 valence electrons. The van der Waals surface area contributed by atoms with Gasteiger partial charge in [0.25, 0.3) is 5.56 Å². The Hall–Kier alpha value is -2.04. The molecular weight excluding hydrogens is 285 g/mol. The van der Waals surface area contributed by atoms with Crippen molar-refractivity contribution in [1.82, 2.24) is 19.5 Å². The minimum absolute atomic E-state index is 0.0155. The van der Waals surface area contributed by atoms with Gasteiger partial charge in [0.15, 0.2) is 29.2 Å². The van der Waals surface area contributed by atoms with Crippen molar-refractivity contribution in [3.63, 3.8) is 0 Å². The summed E-state index contributed by atoms with van der Waals surface area (Å²) in [4.78, 5) is 21.7. The van der Waals surface area contributed by atoms with Gasteiger partial charge in [-0.3, -0.25) is 14.3 Å². The van der Waals surface area contributed by atoms with E-state index >= 15 is 0 Å². The van der Waals surface area contributed by atoms with Crippen LogP contribution in [0.4, 0.5) is 10.3 Å². The fourth-order valence-electron chi connectivity index (χ4n) is 3.02. The van der Waals surface area contributed by atoms with Crippen molar-refractivity contribution in [2.24, 2.45) is 0 Å². The molecule has 1 aliphatic heterocycles. The number of hydrogen-bond donors (Lipinski definition) is 4. The number of hydrogen-bond acceptors (Lipinski definition) is 7. The summed E-state index contributed by atoms with van der Waals surface area (Å²) in [6, 6.07) is 0. The Labute approximate surface area is 116 Å². The highest BCUT2D eigenvalue weighted by atomic mass is 19.1. The number of alkyl halides is 1. The topological polar surface area (TPSA) is 139 Å². The van der Waals surface area contributed by atoms with E-state index in [0.29, 0.717) is 0 Å². The number of H-pyrrole nitrogens is 1. The molecule has 0 aromatic carbocycles. The van der Waals surface area contributed by atoms with E-state index in [4.69, 9.17) is 10.5 Å². The zero-order chi connectivity index (χ0) is 15.2. The maximum atomic E-state index is 14.5. The maximum absolute atomic E-state index is 14.5. The fraction of sp³-hybridized carbons (Fsp3) is 0.545. The number of aromatic amines is 1. The molecule has 0 amide bonds. The summed E-state index contributed by atoms with van der Waals surface area (Å²) in [5, 5.41) is 19.7. The van der Waals surface area contributed by atoms with Crippen molar-refractivity contribution in [1.29, 1.82) is 0 Å². The number of fused-ring (bicyclic) bond motifs is 2. The lowest BCUT2D eigenvalue weighted by atomic mass is 10.1. The second kappa shape index (κ2) is 3.40. The Morgan fingerprint density at radius 3 is 2.95 bits per heavy atom. The number of aliphatic hydroxyl groups is 2. The van der Waals surface area contributed by atoms with E-state index in [1.165, 1.54) is 17.8 Å². The third kappa shape index (κ3) is 1.23. The largest absolute Gasteiger partial charge is 0.387 e. The van der Waals surface area contributed by atoms with Gasteiger partial charge in [-0.1, -0.05) is 0 Å². The van der Waals surface area contributed by atoms with Crippen molar-refractivity contribution in [3.8, 4) is 0 Å². The lowest BCUT2D eigenvalue weighted by Gasteiger charge is -2.21. The molecule has 2 fully saturated rings. The van der Waals surface area contributed by atoms with Crippen LogP contribution in [0.25, 0.3) is 11.2 Å². The molecule has 4 rings (SSSR count). The van der Waals surface area contributed by atoms with Crippen LogP contribution in [0.15, 0.2) is 11.1 Å². The van der Waals surface area contributed by atoms with E-state index < -0.39 is 35.3 Å². The van der Waals surface area contributed by atoms with Crippen molar-refractivity contribution >= 4 is 17.1 Å². The molecule has 1 saturated heterocycles. The SMILES string of the molecule is C[C@]12O[C@@H](n3cnc4c(=O)[nH]c(N)nc43)[C@H](F)[C@@]1(O)C2O. The van der Waals surface area contributed by atoms with Crippen LogP contribution in [0.3, 0.4) is 0 Å². The summed E-state index contributed by atoms with van der Waals surface area (Å²) in [5.74, 6) is -0.141. The van der Waals surface area contributed by atoms with Crippen LogP contribution in [0.1, 0.15) is 13.2 Å². The lowest BCUT2D eigenvalue weighted by molar-refractivity contribution is -0.0841. The molecule has 1 unspecified atom stereocenters. The van der Waals surface area contributed by atoms with E-state index in [9.17, 15) is 19.4 Å². The van der Waals surface area contributed by atoms with Gasteiger partial charge in [0.2, 0.25) is 5.95 Å². The van der Waals surface area contributed by atoms with Gasteiger partial charge < -0.3 is 20.7 Å². The molecule has 5 atom stereocenters. The highest BCUT2D eigenvalue weighted by Gasteiger charge is 2.85. The number of aromatic nitrogens is 4. The first-order valence-electron chi connectivity index (χ1n) is 6.25. The van der Waals surface area contributed by atoms with Gasteiger partial charge in [0.1, 0.15) is 11.7 Å². The second-order valence-corrected chi connectivity index (χ2v) is 5.52. The van der Waals surface area contributed by atoms with Crippen LogP contribution in [-0.4, -0.2) is 53.2 Å². The van der Waals surface area contributed by atoms with Gasteiger partial charge in [-0.25, -0.2) is 9.37 Å². The zero-order valence-electron chi connectivity index (χ0n) is 10.8. The Balaban J connectivity index is 1.85. The zero-order valence-corrected chi connectivity index (χ0v) is 10.8. The Morgan fingerprint density at radius 1 is 1.62 bits per heavy atom. The van der Waals surface area contributed by atoms with Crippen LogP contribution in [-0.2, 0) is 4.74 Å². The monoisotopic (exact) mass is 297 g/mol. The highest BCUT2D eigenvalue weighted by molar-refractivity contribution is 5.70. The maximum Gasteiger partial charge on any atom is 0.280 e. The van der Waals surface area contributed by atoms with Crippen molar-refractivity contribution in [2.45, 2.75) is 36.6 Å². The normalized spacial score (nSPS) is 41.4. The van der Waals surface area contributed by atoms with Gasteiger partial charge in [-0.2, -0.15) is 4.98 Å². The third-order valence-electron chi connectivity index (χ3n) is 4.41. The Kier molecular flexibility index (Phi) is 2.06. The summed E-state index contributed by atoms with van der Waals surface area (Å²) < 4.78 is 21.1. The van der Waals surface area contributed by atoms with Crippen LogP contribution < -0.4 is 11.3 Å². The van der Waals surface area contributed by atoms with Crippen molar-refractivity contribution in [3.05, 3.63) is 16.7 Å². The molecule has 2 aromatic heterocycles. The smallest absolute Gasteiger partial charge is 0.280 e. The lowest BCUT2D eigenvalue weighted by Crippen LogP contribution is -2.33.